The first-order chi connectivity index (χ1) is 16.5. The number of carbonyl (C=O) groups is 3. The molecule has 1 atom stereocenters. The van der Waals surface area contributed by atoms with Crippen LogP contribution in [0.1, 0.15) is 48.0 Å². The summed E-state index contributed by atoms with van der Waals surface area (Å²) in [6.07, 6.45) is 4.81. The van der Waals surface area contributed by atoms with Crippen LogP contribution >= 0.6 is 11.6 Å². The van der Waals surface area contributed by atoms with E-state index in [9.17, 15) is 14.4 Å². The Bertz CT molecular complexity index is 1110. The zero-order valence-electron chi connectivity index (χ0n) is 19.1. The second-order valence-electron chi connectivity index (χ2n) is 9.20. The molecule has 0 aliphatic carbocycles. The molecule has 1 unspecified atom stereocenters. The molecule has 3 aliphatic heterocycles. The first-order valence-electron chi connectivity index (χ1n) is 12.0. The number of nitrogens with zero attached hydrogens (tertiary/aromatic N) is 3. The van der Waals surface area contributed by atoms with E-state index in [2.05, 4.69) is 10.2 Å². The highest BCUT2D eigenvalue weighted by molar-refractivity contribution is 6.31. The Kier molecular flexibility index (Phi) is 6.46. The number of halogens is 1. The fraction of sp³-hybridized carbons (Fsp3) is 0.423. The smallest absolute Gasteiger partial charge is 0.253 e. The van der Waals surface area contributed by atoms with Crippen molar-refractivity contribution >= 4 is 40.7 Å². The minimum absolute atomic E-state index is 0.0170. The lowest BCUT2D eigenvalue weighted by Gasteiger charge is -2.45. The molecule has 2 aromatic rings. The summed E-state index contributed by atoms with van der Waals surface area (Å²) in [6, 6.07) is 12.7. The highest BCUT2D eigenvalue weighted by Gasteiger charge is 2.40. The summed E-state index contributed by atoms with van der Waals surface area (Å²) in [5.74, 6) is -0.359. The zero-order valence-corrected chi connectivity index (χ0v) is 19.9. The maximum atomic E-state index is 13.5. The minimum Gasteiger partial charge on any atom is -0.358 e. The van der Waals surface area contributed by atoms with Gasteiger partial charge in [0.2, 0.25) is 11.8 Å². The van der Waals surface area contributed by atoms with Crippen molar-refractivity contribution in [2.24, 2.45) is 0 Å². The van der Waals surface area contributed by atoms with Gasteiger partial charge in [-0.2, -0.15) is 0 Å². The van der Waals surface area contributed by atoms with Gasteiger partial charge in [-0.1, -0.05) is 29.8 Å². The topological polar surface area (TPSA) is 73.0 Å². The summed E-state index contributed by atoms with van der Waals surface area (Å²) < 4.78 is 0. The van der Waals surface area contributed by atoms with Crippen LogP contribution in [0.5, 0.6) is 0 Å². The Morgan fingerprint density at radius 3 is 2.53 bits per heavy atom. The van der Waals surface area contributed by atoms with Crippen molar-refractivity contribution in [2.75, 3.05) is 36.0 Å². The number of piperidine rings is 1. The molecule has 0 aromatic heterocycles. The van der Waals surface area contributed by atoms with E-state index in [1.54, 1.807) is 17.0 Å². The van der Waals surface area contributed by atoms with E-state index in [0.717, 1.165) is 63.0 Å². The first-order valence-corrected chi connectivity index (χ1v) is 12.4. The van der Waals surface area contributed by atoms with Gasteiger partial charge in [-0.25, -0.2) is 0 Å². The van der Waals surface area contributed by atoms with E-state index in [0.29, 0.717) is 16.3 Å². The molecule has 0 bridgehead atoms. The molecule has 3 aliphatic rings. The highest BCUT2D eigenvalue weighted by atomic mass is 35.5. The lowest BCUT2D eigenvalue weighted by molar-refractivity contribution is -0.125. The number of carbonyl (C=O) groups excluding carboxylic acids is 3. The third-order valence-electron chi connectivity index (χ3n) is 7.01. The molecule has 0 spiro atoms. The van der Waals surface area contributed by atoms with Crippen molar-refractivity contribution in [3.8, 4) is 0 Å². The standard InChI is InChI=1S/C26H29ClN4O3/c27-20-8-2-1-7-19(20)16-28-24(32)17-31-23-15-18(25(33)29-12-5-6-13-29)10-11-21(23)30-14-4-3-9-22(30)26(31)34/h1-2,7-8,10-11,15,22H,3-6,9,12-14,16-17H2,(H,28,32). The van der Waals surface area contributed by atoms with Gasteiger partial charge >= 0.3 is 0 Å². The van der Waals surface area contributed by atoms with Crippen LogP contribution < -0.4 is 15.1 Å². The molecule has 1 N–H and O–H groups in total. The molecule has 2 aromatic carbocycles. The summed E-state index contributed by atoms with van der Waals surface area (Å²) in [4.78, 5) is 45.0. The van der Waals surface area contributed by atoms with Crippen LogP contribution in [0.2, 0.25) is 5.02 Å². The number of anilines is 2. The fourth-order valence-electron chi connectivity index (χ4n) is 5.19. The average molecular weight is 481 g/mol. The van der Waals surface area contributed by atoms with E-state index >= 15 is 0 Å². The fourth-order valence-corrected chi connectivity index (χ4v) is 5.39. The van der Waals surface area contributed by atoms with Gasteiger partial charge in [0.25, 0.3) is 5.91 Å². The quantitative estimate of drug-likeness (QED) is 0.709. The molecule has 2 saturated heterocycles. The van der Waals surface area contributed by atoms with Gasteiger partial charge in [-0.3, -0.25) is 19.3 Å². The van der Waals surface area contributed by atoms with Gasteiger partial charge in [0.1, 0.15) is 12.6 Å². The molecule has 3 heterocycles. The molecule has 7 nitrogen and oxygen atoms in total. The summed E-state index contributed by atoms with van der Waals surface area (Å²) in [5.41, 5.74) is 2.94. The molecule has 3 amide bonds. The van der Waals surface area contributed by atoms with Crippen LogP contribution in [-0.2, 0) is 16.1 Å². The predicted octanol–water partition coefficient (Wildman–Crippen LogP) is 3.60. The van der Waals surface area contributed by atoms with Crippen molar-refractivity contribution in [2.45, 2.75) is 44.7 Å². The molecule has 0 radical (unpaired) electrons. The molecule has 2 fully saturated rings. The molecule has 0 saturated carbocycles. The van der Waals surface area contributed by atoms with Crippen molar-refractivity contribution in [1.29, 1.82) is 0 Å². The van der Waals surface area contributed by atoms with Gasteiger partial charge in [0.15, 0.2) is 0 Å². The molecule has 5 rings (SSSR count). The largest absolute Gasteiger partial charge is 0.358 e. The number of likely N-dealkylation sites (tertiary alicyclic amines) is 1. The second-order valence-corrected chi connectivity index (χ2v) is 9.61. The van der Waals surface area contributed by atoms with Gasteiger partial charge < -0.3 is 15.1 Å². The van der Waals surface area contributed by atoms with E-state index in [1.807, 2.05) is 35.2 Å². The lowest BCUT2D eigenvalue weighted by Crippen LogP contribution is -2.57. The van der Waals surface area contributed by atoms with Crippen molar-refractivity contribution < 1.29 is 14.4 Å². The number of hydrogen-bond donors (Lipinski definition) is 1. The third-order valence-corrected chi connectivity index (χ3v) is 7.37. The molecule has 8 heteroatoms. The Hall–Kier alpha value is -3.06. The predicted molar refractivity (Wildman–Crippen MR) is 132 cm³/mol. The molecular formula is C26H29ClN4O3. The van der Waals surface area contributed by atoms with Crippen molar-refractivity contribution in [3.63, 3.8) is 0 Å². The maximum absolute atomic E-state index is 13.5. The van der Waals surface area contributed by atoms with Crippen LogP contribution in [0.3, 0.4) is 0 Å². The SMILES string of the molecule is O=C(CN1C(=O)C2CCCCN2c2ccc(C(=O)N3CCCC3)cc21)NCc1ccccc1Cl. The Labute approximate surface area is 204 Å². The van der Waals surface area contributed by atoms with E-state index < -0.39 is 0 Å². The van der Waals surface area contributed by atoms with E-state index in [1.165, 1.54) is 0 Å². The zero-order chi connectivity index (χ0) is 23.7. The number of rotatable bonds is 5. The van der Waals surface area contributed by atoms with Crippen LogP contribution in [-0.4, -0.2) is 54.8 Å². The van der Waals surface area contributed by atoms with Crippen molar-refractivity contribution in [1.82, 2.24) is 10.2 Å². The first kappa shape index (κ1) is 22.7. The number of fused-ring (bicyclic) bond motifs is 3. The Balaban J connectivity index is 1.41. The number of amides is 3. The van der Waals surface area contributed by atoms with Gasteiger partial charge in [-0.15, -0.1) is 0 Å². The summed E-state index contributed by atoms with van der Waals surface area (Å²) in [7, 11) is 0. The Morgan fingerprint density at radius 2 is 1.74 bits per heavy atom. The van der Waals surface area contributed by atoms with Crippen LogP contribution in [0.25, 0.3) is 0 Å². The third kappa shape index (κ3) is 4.37. The number of nitrogens with one attached hydrogen (secondary N) is 1. The summed E-state index contributed by atoms with van der Waals surface area (Å²) >= 11 is 6.21. The summed E-state index contributed by atoms with van der Waals surface area (Å²) in [5, 5.41) is 3.47. The van der Waals surface area contributed by atoms with Crippen LogP contribution in [0.15, 0.2) is 42.5 Å². The molecule has 178 valence electrons. The van der Waals surface area contributed by atoms with Crippen molar-refractivity contribution in [3.05, 3.63) is 58.6 Å². The molecule has 34 heavy (non-hydrogen) atoms. The van der Waals surface area contributed by atoms with E-state index in [-0.39, 0.29) is 36.9 Å². The van der Waals surface area contributed by atoms with Gasteiger partial charge in [0, 0.05) is 36.8 Å². The normalized spacial score (nSPS) is 19.6. The minimum atomic E-state index is -0.266. The molecular weight excluding hydrogens is 452 g/mol. The number of benzene rings is 2. The van der Waals surface area contributed by atoms with Gasteiger partial charge in [-0.05, 0) is 61.9 Å². The van der Waals surface area contributed by atoms with Gasteiger partial charge in [0.05, 0.1) is 11.4 Å². The number of hydrogen-bond acceptors (Lipinski definition) is 4. The van der Waals surface area contributed by atoms with E-state index in [4.69, 9.17) is 11.6 Å². The second kappa shape index (κ2) is 9.66. The maximum Gasteiger partial charge on any atom is 0.253 e. The average Bonchev–Trinajstić information content (AvgIpc) is 3.40. The van der Waals surface area contributed by atoms with Crippen LogP contribution in [0.4, 0.5) is 11.4 Å². The lowest BCUT2D eigenvalue weighted by atomic mass is 9.95. The highest BCUT2D eigenvalue weighted by Crippen LogP contribution is 2.40. The monoisotopic (exact) mass is 480 g/mol. The summed E-state index contributed by atoms with van der Waals surface area (Å²) in [6.45, 7) is 2.52. The Morgan fingerprint density at radius 1 is 0.971 bits per heavy atom. The van der Waals surface area contributed by atoms with Crippen LogP contribution in [0, 0.1) is 0 Å².